The lowest BCUT2D eigenvalue weighted by atomic mass is 10.1. The second-order valence-electron chi connectivity index (χ2n) is 6.18. The molecule has 0 aromatic heterocycles. The van der Waals surface area contributed by atoms with E-state index in [-0.39, 0.29) is 11.4 Å². The third kappa shape index (κ3) is 5.95. The van der Waals surface area contributed by atoms with E-state index >= 15 is 0 Å². The van der Waals surface area contributed by atoms with Crippen LogP contribution >= 0.6 is 0 Å². The Labute approximate surface area is 171 Å². The van der Waals surface area contributed by atoms with Crippen LogP contribution in [-0.2, 0) is 17.1 Å². The van der Waals surface area contributed by atoms with Crippen LogP contribution in [0.5, 0.6) is 0 Å². The normalized spacial score (nSPS) is 13.1. The molecule has 0 bridgehead atoms. The number of nitrogens with zero attached hydrogens (tertiary/aromatic N) is 2. The van der Waals surface area contributed by atoms with Gasteiger partial charge in [-0.1, -0.05) is 6.07 Å². The molecule has 0 fully saturated rings. The fraction of sp³-hybridized carbons (Fsp3) is 0.211. The van der Waals surface area contributed by atoms with Crippen LogP contribution in [0.3, 0.4) is 0 Å². The summed E-state index contributed by atoms with van der Waals surface area (Å²) in [6.07, 6.45) is -10.7. The zero-order valence-corrected chi connectivity index (χ0v) is 15.4. The van der Waals surface area contributed by atoms with Crippen molar-refractivity contribution in [3.05, 3.63) is 58.7 Å². The molecule has 1 amide bonds. The Morgan fingerprint density at radius 3 is 2.39 bits per heavy atom. The predicted octanol–water partition coefficient (Wildman–Crippen LogP) is 3.60. The number of amides is 1. The molecule has 4 N–H and O–H groups in total. The molecule has 0 aliphatic carbocycles. The Kier molecular flexibility index (Phi) is 6.91. The molecule has 0 saturated carbocycles. The molecule has 6 nitrogen and oxygen atoms in total. The topological polar surface area (TPSA) is 112 Å². The van der Waals surface area contributed by atoms with Crippen LogP contribution in [0.4, 0.5) is 37.7 Å². The first-order valence-electron chi connectivity index (χ1n) is 8.40. The Balaban J connectivity index is 2.13. The van der Waals surface area contributed by atoms with Gasteiger partial charge >= 0.3 is 12.4 Å². The lowest BCUT2D eigenvalue weighted by Crippen LogP contribution is -2.30. The molecule has 2 aromatic rings. The number of rotatable bonds is 5. The van der Waals surface area contributed by atoms with Gasteiger partial charge in [-0.2, -0.15) is 31.6 Å². The number of nitrogen functional groups attached to an aromatic ring is 1. The monoisotopic (exact) mass is 444 g/mol. The second-order valence-corrected chi connectivity index (χ2v) is 6.18. The van der Waals surface area contributed by atoms with Crippen molar-refractivity contribution < 1.29 is 36.2 Å². The van der Waals surface area contributed by atoms with Gasteiger partial charge in [0.1, 0.15) is 0 Å². The number of anilines is 2. The zero-order valence-electron chi connectivity index (χ0n) is 15.4. The van der Waals surface area contributed by atoms with Crippen LogP contribution in [0.15, 0.2) is 41.4 Å². The molecule has 12 heteroatoms. The smallest absolute Gasteiger partial charge is 0.398 e. The summed E-state index contributed by atoms with van der Waals surface area (Å²) in [5, 5.41) is 20.6. The Morgan fingerprint density at radius 2 is 1.81 bits per heavy atom. The number of alkyl halides is 6. The number of nitrogens with one attached hydrogen (secondary N) is 1. The highest BCUT2D eigenvalue weighted by molar-refractivity contribution is 5.95. The molecule has 164 valence electrons. The standard InChI is InChI=1S/C19H14F6N4O2/c20-18(21,22)13-2-1-3-15(27)12(13)8-28-9-16(30)17(31)29-11-5-4-10(7-26)14(6-11)19(23,24)25/h1-6,8,16,30H,9,27H2,(H,29,31)/t16-/m0/s1. The van der Waals surface area contributed by atoms with Gasteiger partial charge in [0, 0.05) is 23.2 Å². The second kappa shape index (κ2) is 9.05. The van der Waals surface area contributed by atoms with Crippen molar-refractivity contribution >= 4 is 23.5 Å². The lowest BCUT2D eigenvalue weighted by molar-refractivity contribution is -0.138. The number of carbonyl (C=O) groups is 1. The molecule has 1 atom stereocenters. The van der Waals surface area contributed by atoms with Crippen molar-refractivity contribution in [2.24, 2.45) is 4.99 Å². The van der Waals surface area contributed by atoms with E-state index in [2.05, 4.69) is 4.99 Å². The van der Waals surface area contributed by atoms with Crippen LogP contribution in [0.1, 0.15) is 22.3 Å². The Hall–Kier alpha value is -3.59. The molecular formula is C19H14F6N4O2. The van der Waals surface area contributed by atoms with Crippen LogP contribution in [-0.4, -0.2) is 29.9 Å². The molecule has 31 heavy (non-hydrogen) atoms. The molecule has 0 aliphatic heterocycles. The van der Waals surface area contributed by atoms with E-state index in [4.69, 9.17) is 11.0 Å². The Bertz CT molecular complexity index is 1040. The molecule has 0 heterocycles. The summed E-state index contributed by atoms with van der Waals surface area (Å²) in [7, 11) is 0. The van der Waals surface area contributed by atoms with Gasteiger partial charge < -0.3 is 16.2 Å². The summed E-state index contributed by atoms with van der Waals surface area (Å²) in [6, 6.07) is 6.87. The molecule has 0 saturated heterocycles. The minimum absolute atomic E-state index is 0.227. The fourth-order valence-corrected chi connectivity index (χ4v) is 2.48. The first-order chi connectivity index (χ1) is 14.3. The largest absolute Gasteiger partial charge is 0.417 e. The molecule has 0 spiro atoms. The van der Waals surface area contributed by atoms with E-state index in [1.54, 1.807) is 0 Å². The highest BCUT2D eigenvalue weighted by Gasteiger charge is 2.34. The van der Waals surface area contributed by atoms with E-state index < -0.39 is 53.2 Å². The quantitative estimate of drug-likeness (QED) is 0.372. The van der Waals surface area contributed by atoms with Crippen molar-refractivity contribution in [1.29, 1.82) is 5.26 Å². The number of carbonyl (C=O) groups excluding carboxylic acids is 1. The van der Waals surface area contributed by atoms with Crippen molar-refractivity contribution in [2.75, 3.05) is 17.6 Å². The maximum atomic E-state index is 13.0. The van der Waals surface area contributed by atoms with Crippen LogP contribution < -0.4 is 11.1 Å². The maximum absolute atomic E-state index is 13.0. The van der Waals surface area contributed by atoms with Gasteiger partial charge in [0.2, 0.25) is 0 Å². The highest BCUT2D eigenvalue weighted by Crippen LogP contribution is 2.34. The van der Waals surface area contributed by atoms with Gasteiger partial charge in [-0.3, -0.25) is 9.79 Å². The summed E-state index contributed by atoms with van der Waals surface area (Å²) in [5.41, 5.74) is 1.50. The first-order valence-corrected chi connectivity index (χ1v) is 8.40. The summed E-state index contributed by atoms with van der Waals surface area (Å²) in [6.45, 7) is -0.681. The van der Waals surface area contributed by atoms with E-state index in [0.29, 0.717) is 6.07 Å². The van der Waals surface area contributed by atoms with Gasteiger partial charge in [0.05, 0.1) is 29.3 Å². The van der Waals surface area contributed by atoms with Gasteiger partial charge in [0.15, 0.2) is 6.10 Å². The minimum Gasteiger partial charge on any atom is -0.398 e. The van der Waals surface area contributed by atoms with Gasteiger partial charge in [-0.25, -0.2) is 0 Å². The fourth-order valence-electron chi connectivity index (χ4n) is 2.48. The number of benzene rings is 2. The maximum Gasteiger partial charge on any atom is 0.417 e. The number of hydrogen-bond donors (Lipinski definition) is 3. The molecule has 2 rings (SSSR count). The van der Waals surface area contributed by atoms with Crippen LogP contribution in [0, 0.1) is 11.3 Å². The van der Waals surface area contributed by atoms with E-state index in [0.717, 1.165) is 30.5 Å². The molecular weight excluding hydrogens is 430 g/mol. The third-order valence-electron chi connectivity index (χ3n) is 3.96. The predicted molar refractivity (Wildman–Crippen MR) is 99.1 cm³/mol. The SMILES string of the molecule is N#Cc1ccc(NC(=O)[C@@H](O)CN=Cc2c(N)cccc2C(F)(F)F)cc1C(F)(F)F. The number of nitrogens with two attached hydrogens (primary N) is 1. The number of aliphatic hydroxyl groups excluding tert-OH is 1. The number of halogens is 6. The number of aliphatic hydroxyl groups is 1. The number of nitriles is 1. The van der Waals surface area contributed by atoms with E-state index in [1.165, 1.54) is 12.1 Å². The van der Waals surface area contributed by atoms with Crippen molar-refractivity contribution in [3.63, 3.8) is 0 Å². The van der Waals surface area contributed by atoms with Crippen molar-refractivity contribution in [3.8, 4) is 6.07 Å². The Morgan fingerprint density at radius 1 is 1.16 bits per heavy atom. The summed E-state index contributed by atoms with van der Waals surface area (Å²) < 4.78 is 78.0. The van der Waals surface area contributed by atoms with Crippen molar-refractivity contribution in [2.45, 2.75) is 18.5 Å². The average Bonchev–Trinajstić information content (AvgIpc) is 2.67. The molecule has 0 unspecified atom stereocenters. The molecule has 0 aliphatic rings. The average molecular weight is 444 g/mol. The number of hydrogen-bond acceptors (Lipinski definition) is 5. The summed E-state index contributed by atoms with van der Waals surface area (Å²) >= 11 is 0. The zero-order chi connectivity index (χ0) is 23.4. The van der Waals surface area contributed by atoms with Gasteiger partial charge in [0.25, 0.3) is 5.91 Å². The van der Waals surface area contributed by atoms with E-state index in [1.807, 2.05) is 5.32 Å². The summed E-state index contributed by atoms with van der Waals surface area (Å²) in [5.74, 6) is -1.15. The molecule has 0 radical (unpaired) electrons. The van der Waals surface area contributed by atoms with E-state index in [9.17, 15) is 36.2 Å². The lowest BCUT2D eigenvalue weighted by Gasteiger charge is -2.13. The van der Waals surface area contributed by atoms with Crippen LogP contribution in [0.25, 0.3) is 0 Å². The first kappa shape index (κ1) is 23.7. The van der Waals surface area contributed by atoms with Crippen LogP contribution in [0.2, 0.25) is 0 Å². The number of aliphatic imine (C=N–C) groups is 1. The third-order valence-corrected chi connectivity index (χ3v) is 3.96. The minimum atomic E-state index is -4.85. The van der Waals surface area contributed by atoms with Gasteiger partial charge in [-0.15, -0.1) is 0 Å². The summed E-state index contributed by atoms with van der Waals surface area (Å²) in [4.78, 5) is 15.6. The molecule has 2 aromatic carbocycles. The highest BCUT2D eigenvalue weighted by atomic mass is 19.4. The van der Waals surface area contributed by atoms with Crippen molar-refractivity contribution in [1.82, 2.24) is 0 Å². The van der Waals surface area contributed by atoms with Gasteiger partial charge in [-0.05, 0) is 30.3 Å².